The van der Waals surface area contributed by atoms with Gasteiger partial charge < -0.3 is 9.80 Å². The monoisotopic (exact) mass is 346 g/mol. The first-order valence-electron chi connectivity index (χ1n) is 8.45. The first kappa shape index (κ1) is 16.0. The number of nitriles is 1. The zero-order chi connectivity index (χ0) is 17.9. The third-order valence-corrected chi connectivity index (χ3v) is 4.31. The van der Waals surface area contributed by atoms with E-state index in [0.717, 1.165) is 43.4 Å². The summed E-state index contributed by atoms with van der Waals surface area (Å²) in [5.74, 6) is 2.35. The van der Waals surface area contributed by atoms with Gasteiger partial charge in [0, 0.05) is 38.6 Å². The fraction of sp³-hybridized carbons (Fsp3) is 0.278. The lowest BCUT2D eigenvalue weighted by Gasteiger charge is -2.35. The van der Waals surface area contributed by atoms with E-state index in [2.05, 4.69) is 30.9 Å². The number of hydrogen-bond donors (Lipinski definition) is 0. The summed E-state index contributed by atoms with van der Waals surface area (Å²) < 4.78 is 1.79. The molecule has 130 valence electrons. The topological polar surface area (TPSA) is 86.8 Å². The van der Waals surface area contributed by atoms with Gasteiger partial charge in [-0.3, -0.25) is 0 Å². The maximum Gasteiger partial charge on any atom is 0.226 e. The minimum atomic E-state index is 0.390. The Hall–Kier alpha value is -3.47. The van der Waals surface area contributed by atoms with Crippen LogP contribution >= 0.6 is 0 Å². The predicted octanol–water partition coefficient (Wildman–Crippen LogP) is 1.56. The van der Waals surface area contributed by atoms with Crippen molar-refractivity contribution in [2.24, 2.45) is 0 Å². The lowest BCUT2D eigenvalue weighted by Crippen LogP contribution is -2.47. The normalized spacial score (nSPS) is 14.3. The predicted molar refractivity (Wildman–Crippen MR) is 97.3 cm³/mol. The van der Waals surface area contributed by atoms with Crippen LogP contribution in [0.3, 0.4) is 0 Å². The molecule has 1 aliphatic heterocycles. The van der Waals surface area contributed by atoms with E-state index in [0.29, 0.717) is 11.6 Å². The molecule has 0 bridgehead atoms. The largest absolute Gasteiger partial charge is 0.353 e. The molecule has 0 aliphatic carbocycles. The first-order valence-corrected chi connectivity index (χ1v) is 8.45. The van der Waals surface area contributed by atoms with Crippen LogP contribution in [0.1, 0.15) is 11.3 Å². The van der Waals surface area contributed by atoms with Gasteiger partial charge in [-0.05, 0) is 30.7 Å². The molecule has 0 unspecified atom stereocenters. The van der Waals surface area contributed by atoms with E-state index in [1.165, 1.54) is 0 Å². The average Bonchev–Trinajstić information content (AvgIpc) is 3.15. The molecule has 1 fully saturated rings. The second-order valence-electron chi connectivity index (χ2n) is 6.14. The van der Waals surface area contributed by atoms with E-state index in [-0.39, 0.29) is 0 Å². The van der Waals surface area contributed by atoms with E-state index < -0.39 is 0 Å². The number of hydrogen-bond acceptors (Lipinski definition) is 7. The quantitative estimate of drug-likeness (QED) is 0.711. The second-order valence-corrected chi connectivity index (χ2v) is 6.14. The van der Waals surface area contributed by atoms with Crippen molar-refractivity contribution in [3.63, 3.8) is 0 Å². The minimum Gasteiger partial charge on any atom is -0.353 e. The molecule has 8 nitrogen and oxygen atoms in total. The highest BCUT2D eigenvalue weighted by atomic mass is 15.3. The molecule has 0 aromatic carbocycles. The van der Waals surface area contributed by atoms with Gasteiger partial charge in [0.05, 0.1) is 6.20 Å². The van der Waals surface area contributed by atoms with Gasteiger partial charge in [0.25, 0.3) is 0 Å². The van der Waals surface area contributed by atoms with Crippen LogP contribution < -0.4 is 9.80 Å². The van der Waals surface area contributed by atoms with E-state index in [1.54, 1.807) is 16.9 Å². The van der Waals surface area contributed by atoms with Gasteiger partial charge in [0.1, 0.15) is 17.6 Å². The molecule has 1 aliphatic rings. The van der Waals surface area contributed by atoms with Crippen LogP contribution in [-0.4, -0.2) is 50.9 Å². The first-order chi connectivity index (χ1) is 12.7. The molecule has 26 heavy (non-hydrogen) atoms. The van der Waals surface area contributed by atoms with Crippen molar-refractivity contribution in [1.82, 2.24) is 24.7 Å². The van der Waals surface area contributed by atoms with Crippen LogP contribution in [0.15, 0.2) is 42.9 Å². The maximum atomic E-state index is 8.99. The molecule has 0 saturated carbocycles. The van der Waals surface area contributed by atoms with Crippen molar-refractivity contribution < 1.29 is 0 Å². The van der Waals surface area contributed by atoms with Crippen LogP contribution in [0.5, 0.6) is 0 Å². The third kappa shape index (κ3) is 3.19. The van der Waals surface area contributed by atoms with Crippen molar-refractivity contribution in [2.45, 2.75) is 6.92 Å². The number of pyridine rings is 1. The fourth-order valence-electron chi connectivity index (χ4n) is 2.95. The smallest absolute Gasteiger partial charge is 0.226 e. The van der Waals surface area contributed by atoms with E-state index >= 15 is 0 Å². The highest BCUT2D eigenvalue weighted by Crippen LogP contribution is 2.18. The number of piperazine rings is 1. The van der Waals surface area contributed by atoms with Gasteiger partial charge >= 0.3 is 0 Å². The Kier molecular flexibility index (Phi) is 4.19. The van der Waals surface area contributed by atoms with Crippen LogP contribution in [0.2, 0.25) is 0 Å². The zero-order valence-electron chi connectivity index (χ0n) is 14.4. The summed E-state index contributed by atoms with van der Waals surface area (Å²) in [5.41, 5.74) is 1.49. The summed E-state index contributed by atoms with van der Waals surface area (Å²) in [7, 11) is 0. The highest BCUT2D eigenvalue weighted by molar-refractivity contribution is 5.45. The Balaban J connectivity index is 1.47. The molecule has 0 spiro atoms. The van der Waals surface area contributed by atoms with Crippen LogP contribution in [0, 0.1) is 18.3 Å². The van der Waals surface area contributed by atoms with Crippen molar-refractivity contribution in [2.75, 3.05) is 36.0 Å². The highest BCUT2D eigenvalue weighted by Gasteiger charge is 2.20. The fourth-order valence-corrected chi connectivity index (χ4v) is 2.95. The van der Waals surface area contributed by atoms with Gasteiger partial charge in [-0.1, -0.05) is 6.07 Å². The molecular weight excluding hydrogens is 328 g/mol. The Morgan fingerprint density at radius 3 is 2.50 bits per heavy atom. The molecule has 0 amide bonds. The van der Waals surface area contributed by atoms with Gasteiger partial charge in [-0.25, -0.2) is 19.6 Å². The summed E-state index contributed by atoms with van der Waals surface area (Å²) in [4.78, 5) is 17.6. The molecule has 3 aromatic heterocycles. The van der Waals surface area contributed by atoms with Gasteiger partial charge in [0.15, 0.2) is 5.82 Å². The van der Waals surface area contributed by atoms with Crippen molar-refractivity contribution in [1.29, 1.82) is 5.26 Å². The van der Waals surface area contributed by atoms with Crippen molar-refractivity contribution in [3.8, 4) is 11.9 Å². The van der Waals surface area contributed by atoms with Gasteiger partial charge in [-0.15, -0.1) is 0 Å². The Bertz CT molecular complexity index is 950. The number of rotatable bonds is 3. The summed E-state index contributed by atoms with van der Waals surface area (Å²) in [6, 6.07) is 9.64. The number of aryl methyl sites for hydroxylation is 1. The number of nitrogens with zero attached hydrogens (tertiary/aromatic N) is 8. The molecule has 0 atom stereocenters. The van der Waals surface area contributed by atoms with Crippen molar-refractivity contribution in [3.05, 3.63) is 54.1 Å². The summed E-state index contributed by atoms with van der Waals surface area (Å²) >= 11 is 0. The van der Waals surface area contributed by atoms with Crippen LogP contribution in [-0.2, 0) is 0 Å². The standard InChI is InChI=1S/C18H18N8/c1-14-12-21-26(13-14)17-4-2-3-16(23-17)24-7-9-25(10-8-24)18-20-6-5-15(11-19)22-18/h2-6,12-13H,7-10H2,1H3. The second kappa shape index (κ2) is 6.80. The van der Waals surface area contributed by atoms with Crippen LogP contribution in [0.4, 0.5) is 11.8 Å². The summed E-state index contributed by atoms with van der Waals surface area (Å²) in [5, 5.41) is 13.3. The lowest BCUT2D eigenvalue weighted by atomic mass is 10.3. The van der Waals surface area contributed by atoms with Gasteiger partial charge in [-0.2, -0.15) is 10.4 Å². The van der Waals surface area contributed by atoms with Crippen molar-refractivity contribution >= 4 is 11.8 Å². The van der Waals surface area contributed by atoms with E-state index in [1.807, 2.05) is 37.5 Å². The molecule has 4 rings (SSSR count). The average molecular weight is 346 g/mol. The molecule has 3 aromatic rings. The van der Waals surface area contributed by atoms with E-state index in [4.69, 9.17) is 10.2 Å². The zero-order valence-corrected chi connectivity index (χ0v) is 14.4. The minimum absolute atomic E-state index is 0.390. The maximum absolute atomic E-state index is 8.99. The Morgan fingerprint density at radius 2 is 1.77 bits per heavy atom. The van der Waals surface area contributed by atoms with Gasteiger partial charge in [0.2, 0.25) is 5.95 Å². The summed E-state index contributed by atoms with van der Waals surface area (Å²) in [6.07, 6.45) is 5.41. The lowest BCUT2D eigenvalue weighted by molar-refractivity contribution is 0.633. The molecule has 8 heteroatoms. The van der Waals surface area contributed by atoms with E-state index in [9.17, 15) is 0 Å². The Morgan fingerprint density at radius 1 is 1.00 bits per heavy atom. The molecule has 4 heterocycles. The molecule has 0 N–H and O–H groups in total. The van der Waals surface area contributed by atoms with Crippen LogP contribution in [0.25, 0.3) is 5.82 Å². The third-order valence-electron chi connectivity index (χ3n) is 4.31. The SMILES string of the molecule is Cc1cnn(-c2cccc(N3CCN(c4nccc(C#N)n4)CC3)n2)c1. The molecule has 1 saturated heterocycles. The molecular formula is C18H18N8. The molecule has 0 radical (unpaired) electrons. The summed E-state index contributed by atoms with van der Waals surface area (Å²) in [6.45, 7) is 5.20. The number of anilines is 2. The number of aromatic nitrogens is 5. The Labute approximate surface area is 151 Å².